The van der Waals surface area contributed by atoms with E-state index in [-0.39, 0.29) is 11.3 Å². The molecule has 1 atom stereocenters. The molecule has 1 aliphatic rings. The highest BCUT2D eigenvalue weighted by Crippen LogP contribution is 2.27. The van der Waals surface area contributed by atoms with E-state index >= 15 is 0 Å². The Kier molecular flexibility index (Phi) is 4.95. The molecule has 5 nitrogen and oxygen atoms in total. The molecule has 0 bridgehead atoms. The lowest BCUT2D eigenvalue weighted by molar-refractivity contribution is 0.102. The van der Waals surface area contributed by atoms with Crippen LogP contribution < -0.4 is 10.6 Å². The predicted molar refractivity (Wildman–Crippen MR) is 101 cm³/mol. The second kappa shape index (κ2) is 7.00. The standard InChI is InChI=1S/C20H28N4O/c1-20(2,3)15-8-5-9-16(11-15)22-19(25)17-13-24(4)23-18(17)14-7-6-10-21-12-14/h5,8-9,11,13-14,21H,6-7,10,12H2,1-4H3,(H,22,25). The normalized spacial score (nSPS) is 18.2. The minimum absolute atomic E-state index is 0.0496. The van der Waals surface area contributed by atoms with Crippen LogP contribution in [0.25, 0.3) is 0 Å². The molecule has 134 valence electrons. The topological polar surface area (TPSA) is 59.0 Å². The largest absolute Gasteiger partial charge is 0.322 e. The van der Waals surface area contributed by atoms with Gasteiger partial charge < -0.3 is 10.6 Å². The monoisotopic (exact) mass is 340 g/mol. The van der Waals surface area contributed by atoms with E-state index in [1.165, 1.54) is 5.56 Å². The lowest BCUT2D eigenvalue weighted by Gasteiger charge is -2.22. The van der Waals surface area contributed by atoms with Gasteiger partial charge in [0, 0.05) is 31.4 Å². The van der Waals surface area contributed by atoms with Crippen LogP contribution in [0.5, 0.6) is 0 Å². The molecule has 1 aromatic heterocycles. The van der Waals surface area contributed by atoms with Crippen molar-refractivity contribution in [2.24, 2.45) is 7.05 Å². The van der Waals surface area contributed by atoms with Crippen molar-refractivity contribution >= 4 is 11.6 Å². The van der Waals surface area contributed by atoms with E-state index in [0.29, 0.717) is 11.5 Å². The summed E-state index contributed by atoms with van der Waals surface area (Å²) in [6.45, 7) is 8.44. The Morgan fingerprint density at radius 1 is 1.36 bits per heavy atom. The van der Waals surface area contributed by atoms with Crippen molar-refractivity contribution in [2.45, 2.75) is 44.9 Å². The molecule has 25 heavy (non-hydrogen) atoms. The highest BCUT2D eigenvalue weighted by Gasteiger charge is 2.25. The Morgan fingerprint density at radius 3 is 2.84 bits per heavy atom. The third-order valence-corrected chi connectivity index (χ3v) is 4.77. The molecule has 1 saturated heterocycles. The van der Waals surface area contributed by atoms with Crippen LogP contribution in [0.2, 0.25) is 0 Å². The summed E-state index contributed by atoms with van der Waals surface area (Å²) < 4.78 is 1.74. The van der Waals surface area contributed by atoms with E-state index < -0.39 is 0 Å². The number of carbonyl (C=O) groups is 1. The summed E-state index contributed by atoms with van der Waals surface area (Å²) in [6, 6.07) is 8.08. The summed E-state index contributed by atoms with van der Waals surface area (Å²) in [5.74, 6) is 0.219. The lowest BCUT2D eigenvalue weighted by Crippen LogP contribution is -2.29. The number of aromatic nitrogens is 2. The van der Waals surface area contributed by atoms with Crippen molar-refractivity contribution in [3.63, 3.8) is 0 Å². The van der Waals surface area contributed by atoms with Crippen molar-refractivity contribution in [3.05, 3.63) is 47.3 Å². The molecule has 0 saturated carbocycles. The molecule has 3 rings (SSSR count). The Labute approximate surface area is 149 Å². The maximum Gasteiger partial charge on any atom is 0.259 e. The highest BCUT2D eigenvalue weighted by molar-refractivity contribution is 6.05. The van der Waals surface area contributed by atoms with Crippen LogP contribution in [0.3, 0.4) is 0 Å². The van der Waals surface area contributed by atoms with E-state index in [4.69, 9.17) is 0 Å². The third kappa shape index (κ3) is 4.10. The summed E-state index contributed by atoms with van der Waals surface area (Å²) in [4.78, 5) is 12.9. The first-order valence-corrected chi connectivity index (χ1v) is 9.01. The number of rotatable bonds is 3. The van der Waals surface area contributed by atoms with E-state index in [1.807, 2.05) is 25.4 Å². The second-order valence-electron chi connectivity index (χ2n) is 7.93. The summed E-state index contributed by atoms with van der Waals surface area (Å²) >= 11 is 0. The molecule has 2 heterocycles. The van der Waals surface area contributed by atoms with Crippen LogP contribution in [-0.4, -0.2) is 28.8 Å². The zero-order valence-corrected chi connectivity index (χ0v) is 15.6. The Hall–Kier alpha value is -2.14. The van der Waals surface area contributed by atoms with Crippen LogP contribution in [0.1, 0.15) is 61.1 Å². The molecule has 0 radical (unpaired) electrons. The average molecular weight is 340 g/mol. The Bertz CT molecular complexity index is 751. The van der Waals surface area contributed by atoms with Gasteiger partial charge in [-0.3, -0.25) is 9.48 Å². The predicted octanol–water partition coefficient (Wildman–Crippen LogP) is 3.44. The number of nitrogens with one attached hydrogen (secondary N) is 2. The molecule has 5 heteroatoms. The molecule has 1 unspecified atom stereocenters. The zero-order chi connectivity index (χ0) is 18.0. The minimum Gasteiger partial charge on any atom is -0.322 e. The van der Waals surface area contributed by atoms with Crippen LogP contribution in [0.4, 0.5) is 5.69 Å². The number of nitrogens with zero attached hydrogens (tertiary/aromatic N) is 2. The van der Waals surface area contributed by atoms with E-state index in [2.05, 4.69) is 48.6 Å². The van der Waals surface area contributed by atoms with Gasteiger partial charge in [-0.1, -0.05) is 32.9 Å². The highest BCUT2D eigenvalue weighted by atomic mass is 16.1. The van der Waals surface area contributed by atoms with Gasteiger partial charge in [0.1, 0.15) is 0 Å². The Morgan fingerprint density at radius 2 is 2.16 bits per heavy atom. The SMILES string of the molecule is Cn1cc(C(=O)Nc2cccc(C(C)(C)C)c2)c(C2CCCNC2)n1. The van der Waals surface area contributed by atoms with E-state index in [1.54, 1.807) is 4.68 Å². The van der Waals surface area contributed by atoms with Crippen LogP contribution in [-0.2, 0) is 12.5 Å². The quantitative estimate of drug-likeness (QED) is 0.900. The summed E-state index contributed by atoms with van der Waals surface area (Å²) in [7, 11) is 1.87. The number of amides is 1. The van der Waals surface area contributed by atoms with Gasteiger partial charge in [0.2, 0.25) is 0 Å². The number of hydrogen-bond acceptors (Lipinski definition) is 3. The van der Waals surface area contributed by atoms with Gasteiger partial charge in [-0.2, -0.15) is 5.10 Å². The fourth-order valence-electron chi connectivity index (χ4n) is 3.33. The number of carbonyl (C=O) groups excluding carboxylic acids is 1. The van der Waals surface area contributed by atoms with Gasteiger partial charge in [0.25, 0.3) is 5.91 Å². The molecule has 0 spiro atoms. The molecule has 2 aromatic rings. The summed E-state index contributed by atoms with van der Waals surface area (Å²) in [6.07, 6.45) is 4.02. The molecule has 1 amide bonds. The van der Waals surface area contributed by atoms with Crippen molar-refractivity contribution < 1.29 is 4.79 Å². The van der Waals surface area contributed by atoms with Gasteiger partial charge in [0.05, 0.1) is 11.3 Å². The maximum atomic E-state index is 12.9. The maximum absolute atomic E-state index is 12.9. The number of benzene rings is 1. The van der Waals surface area contributed by atoms with Gasteiger partial charge in [-0.25, -0.2) is 0 Å². The van der Waals surface area contributed by atoms with Crippen molar-refractivity contribution in [2.75, 3.05) is 18.4 Å². The number of hydrogen-bond donors (Lipinski definition) is 2. The second-order valence-corrected chi connectivity index (χ2v) is 7.93. The van der Waals surface area contributed by atoms with Crippen LogP contribution >= 0.6 is 0 Å². The van der Waals surface area contributed by atoms with Crippen molar-refractivity contribution in [1.29, 1.82) is 0 Å². The van der Waals surface area contributed by atoms with Crippen molar-refractivity contribution in [3.8, 4) is 0 Å². The van der Waals surface area contributed by atoms with Gasteiger partial charge in [-0.15, -0.1) is 0 Å². The zero-order valence-electron chi connectivity index (χ0n) is 15.6. The van der Waals surface area contributed by atoms with Crippen LogP contribution in [0, 0.1) is 0 Å². The number of anilines is 1. The minimum atomic E-state index is -0.0836. The smallest absolute Gasteiger partial charge is 0.259 e. The first-order valence-electron chi connectivity index (χ1n) is 9.01. The van der Waals surface area contributed by atoms with Gasteiger partial charge in [-0.05, 0) is 42.5 Å². The van der Waals surface area contributed by atoms with Crippen LogP contribution in [0.15, 0.2) is 30.5 Å². The van der Waals surface area contributed by atoms with E-state index in [0.717, 1.165) is 37.3 Å². The fourth-order valence-corrected chi connectivity index (χ4v) is 3.33. The lowest BCUT2D eigenvalue weighted by atomic mass is 9.87. The molecule has 2 N–H and O–H groups in total. The number of aryl methyl sites for hydroxylation is 1. The van der Waals surface area contributed by atoms with Crippen molar-refractivity contribution in [1.82, 2.24) is 15.1 Å². The molecule has 1 fully saturated rings. The summed E-state index contributed by atoms with van der Waals surface area (Å²) in [5.41, 5.74) is 3.66. The molecular formula is C20H28N4O. The number of piperidine rings is 1. The van der Waals surface area contributed by atoms with Gasteiger partial charge in [0.15, 0.2) is 0 Å². The van der Waals surface area contributed by atoms with Gasteiger partial charge >= 0.3 is 0 Å². The molecule has 1 aliphatic heterocycles. The van der Waals surface area contributed by atoms with E-state index in [9.17, 15) is 4.79 Å². The molecule has 0 aliphatic carbocycles. The first-order chi connectivity index (χ1) is 11.8. The third-order valence-electron chi connectivity index (χ3n) is 4.77. The molecule has 1 aromatic carbocycles. The Balaban J connectivity index is 1.82. The molecular weight excluding hydrogens is 312 g/mol. The fraction of sp³-hybridized carbons (Fsp3) is 0.500. The first kappa shape index (κ1) is 17.7. The summed E-state index contributed by atoms with van der Waals surface area (Å²) in [5, 5.41) is 11.0. The average Bonchev–Trinajstić information content (AvgIpc) is 2.97.